The Hall–Kier alpha value is -1.42. The number of aromatic nitrogens is 2. The molecule has 0 amide bonds. The summed E-state index contributed by atoms with van der Waals surface area (Å²) in [6, 6.07) is 2.16. The second kappa shape index (κ2) is 5.07. The fourth-order valence-corrected chi connectivity index (χ4v) is 2.18. The van der Waals surface area contributed by atoms with E-state index in [-0.39, 0.29) is 0 Å². The Morgan fingerprint density at radius 3 is 2.75 bits per heavy atom. The highest BCUT2D eigenvalue weighted by Gasteiger charge is 2.05. The lowest BCUT2D eigenvalue weighted by atomic mass is 10.1. The lowest BCUT2D eigenvalue weighted by Crippen LogP contribution is -2.11. The molecule has 84 valence electrons. The zero-order valence-electron chi connectivity index (χ0n) is 9.47. The third-order valence-electron chi connectivity index (χ3n) is 2.46. The molecule has 2 aromatic rings. The van der Waals surface area contributed by atoms with E-state index in [0.29, 0.717) is 11.9 Å². The molecule has 0 aromatic carbocycles. The molecular weight excluding hydrogens is 218 g/mol. The summed E-state index contributed by atoms with van der Waals surface area (Å²) < 4.78 is 0. The first-order chi connectivity index (χ1) is 7.75. The molecule has 1 atom stereocenters. The molecule has 0 radical (unpaired) electrons. The molecule has 16 heavy (non-hydrogen) atoms. The van der Waals surface area contributed by atoms with Gasteiger partial charge in [-0.2, -0.15) is 11.3 Å². The van der Waals surface area contributed by atoms with Crippen LogP contribution in [0, 0.1) is 6.92 Å². The molecule has 2 aromatic heterocycles. The number of nitrogens with one attached hydrogen (secondary N) is 1. The second-order valence-electron chi connectivity index (χ2n) is 3.92. The van der Waals surface area contributed by atoms with Gasteiger partial charge in [-0.05, 0) is 40.8 Å². The Morgan fingerprint density at radius 2 is 2.12 bits per heavy atom. The van der Waals surface area contributed by atoms with Crippen LogP contribution >= 0.6 is 11.3 Å². The van der Waals surface area contributed by atoms with Crippen LogP contribution in [0.5, 0.6) is 0 Å². The zero-order chi connectivity index (χ0) is 11.4. The van der Waals surface area contributed by atoms with Gasteiger partial charge in [-0.25, -0.2) is 9.97 Å². The number of nitrogens with zero attached hydrogens (tertiary/aromatic N) is 2. The van der Waals surface area contributed by atoms with Crippen molar-refractivity contribution in [1.82, 2.24) is 9.97 Å². The molecular formula is C12H15N3S. The van der Waals surface area contributed by atoms with Gasteiger partial charge < -0.3 is 5.32 Å². The first-order valence-corrected chi connectivity index (χ1v) is 6.24. The summed E-state index contributed by atoms with van der Waals surface area (Å²) in [6.07, 6.45) is 3.65. The van der Waals surface area contributed by atoms with Crippen molar-refractivity contribution in [1.29, 1.82) is 0 Å². The Morgan fingerprint density at radius 1 is 1.38 bits per heavy atom. The molecule has 0 saturated heterocycles. The summed E-state index contributed by atoms with van der Waals surface area (Å²) in [7, 11) is 0. The van der Waals surface area contributed by atoms with E-state index in [2.05, 4.69) is 39.0 Å². The Balaban J connectivity index is 1.90. The molecule has 0 aliphatic carbocycles. The predicted molar refractivity (Wildman–Crippen MR) is 68.0 cm³/mol. The SMILES string of the molecule is Cc1cnc(NCC(C)c2ccsc2)nc1. The van der Waals surface area contributed by atoms with Crippen molar-refractivity contribution >= 4 is 17.3 Å². The maximum Gasteiger partial charge on any atom is 0.222 e. The number of thiophene rings is 1. The van der Waals surface area contributed by atoms with Crippen LogP contribution in [0.3, 0.4) is 0 Å². The van der Waals surface area contributed by atoms with Gasteiger partial charge >= 0.3 is 0 Å². The number of hydrogen-bond donors (Lipinski definition) is 1. The van der Waals surface area contributed by atoms with Crippen molar-refractivity contribution in [2.24, 2.45) is 0 Å². The van der Waals surface area contributed by atoms with E-state index in [1.165, 1.54) is 5.56 Å². The average molecular weight is 233 g/mol. The summed E-state index contributed by atoms with van der Waals surface area (Å²) in [5.74, 6) is 1.18. The van der Waals surface area contributed by atoms with Crippen LogP contribution in [0.4, 0.5) is 5.95 Å². The molecule has 4 heteroatoms. The summed E-state index contributed by atoms with van der Waals surface area (Å²) >= 11 is 1.73. The predicted octanol–water partition coefficient (Wildman–Crippen LogP) is 3.06. The van der Waals surface area contributed by atoms with Crippen molar-refractivity contribution in [2.75, 3.05) is 11.9 Å². The first kappa shape index (κ1) is 11.1. The summed E-state index contributed by atoms with van der Waals surface area (Å²) in [5, 5.41) is 7.53. The lowest BCUT2D eigenvalue weighted by molar-refractivity contribution is 0.800. The highest BCUT2D eigenvalue weighted by Crippen LogP contribution is 2.18. The van der Waals surface area contributed by atoms with Crippen LogP contribution in [-0.2, 0) is 0 Å². The molecule has 1 unspecified atom stereocenters. The molecule has 2 heterocycles. The minimum absolute atomic E-state index is 0.483. The highest BCUT2D eigenvalue weighted by atomic mass is 32.1. The van der Waals surface area contributed by atoms with Crippen molar-refractivity contribution in [3.05, 3.63) is 40.3 Å². The number of aryl methyl sites for hydroxylation is 1. The highest BCUT2D eigenvalue weighted by molar-refractivity contribution is 7.07. The Bertz CT molecular complexity index is 422. The summed E-state index contributed by atoms with van der Waals surface area (Å²) in [4.78, 5) is 8.42. The van der Waals surface area contributed by atoms with Crippen LogP contribution in [0.15, 0.2) is 29.2 Å². The van der Waals surface area contributed by atoms with Gasteiger partial charge in [-0.1, -0.05) is 6.92 Å². The van der Waals surface area contributed by atoms with E-state index in [4.69, 9.17) is 0 Å². The van der Waals surface area contributed by atoms with Crippen LogP contribution in [0.1, 0.15) is 24.0 Å². The van der Waals surface area contributed by atoms with Crippen LogP contribution in [0.25, 0.3) is 0 Å². The van der Waals surface area contributed by atoms with Gasteiger partial charge in [-0.3, -0.25) is 0 Å². The third kappa shape index (κ3) is 2.79. The van der Waals surface area contributed by atoms with E-state index >= 15 is 0 Å². The van der Waals surface area contributed by atoms with Gasteiger partial charge in [0.25, 0.3) is 0 Å². The number of rotatable bonds is 4. The molecule has 0 aliphatic rings. The number of anilines is 1. The standard InChI is InChI=1S/C12H15N3S/c1-9-5-13-12(14-6-9)15-7-10(2)11-3-4-16-8-11/h3-6,8,10H,7H2,1-2H3,(H,13,14,15). The minimum atomic E-state index is 0.483. The largest absolute Gasteiger partial charge is 0.354 e. The zero-order valence-corrected chi connectivity index (χ0v) is 10.3. The maximum atomic E-state index is 4.21. The van der Waals surface area contributed by atoms with Crippen molar-refractivity contribution in [2.45, 2.75) is 19.8 Å². The van der Waals surface area contributed by atoms with Crippen molar-refractivity contribution in [3.8, 4) is 0 Å². The maximum absolute atomic E-state index is 4.21. The molecule has 3 nitrogen and oxygen atoms in total. The van der Waals surface area contributed by atoms with E-state index in [1.54, 1.807) is 11.3 Å². The number of hydrogen-bond acceptors (Lipinski definition) is 4. The van der Waals surface area contributed by atoms with Crippen molar-refractivity contribution in [3.63, 3.8) is 0 Å². The van der Waals surface area contributed by atoms with Gasteiger partial charge in [0.1, 0.15) is 0 Å². The molecule has 0 spiro atoms. The van der Waals surface area contributed by atoms with Crippen LogP contribution in [-0.4, -0.2) is 16.5 Å². The molecule has 1 N–H and O–H groups in total. The lowest BCUT2D eigenvalue weighted by Gasteiger charge is -2.10. The smallest absolute Gasteiger partial charge is 0.222 e. The van der Waals surface area contributed by atoms with Gasteiger partial charge in [-0.15, -0.1) is 0 Å². The molecule has 0 saturated carbocycles. The minimum Gasteiger partial charge on any atom is -0.354 e. The average Bonchev–Trinajstić information content (AvgIpc) is 2.81. The summed E-state index contributed by atoms with van der Waals surface area (Å²) in [5.41, 5.74) is 2.45. The Kier molecular flexibility index (Phi) is 3.51. The van der Waals surface area contributed by atoms with Gasteiger partial charge in [0, 0.05) is 18.9 Å². The topological polar surface area (TPSA) is 37.8 Å². The fourth-order valence-electron chi connectivity index (χ4n) is 1.40. The second-order valence-corrected chi connectivity index (χ2v) is 4.70. The fraction of sp³-hybridized carbons (Fsp3) is 0.333. The Labute approximate surface area is 99.6 Å². The van der Waals surface area contributed by atoms with Crippen LogP contribution in [0.2, 0.25) is 0 Å². The van der Waals surface area contributed by atoms with Crippen molar-refractivity contribution < 1.29 is 0 Å². The normalized spacial score (nSPS) is 12.4. The molecule has 0 fully saturated rings. The molecule has 2 rings (SSSR count). The van der Waals surface area contributed by atoms with Gasteiger partial charge in [0.05, 0.1) is 0 Å². The third-order valence-corrected chi connectivity index (χ3v) is 3.16. The molecule has 0 aliphatic heterocycles. The monoisotopic (exact) mass is 233 g/mol. The van der Waals surface area contributed by atoms with E-state index in [9.17, 15) is 0 Å². The van der Waals surface area contributed by atoms with E-state index < -0.39 is 0 Å². The van der Waals surface area contributed by atoms with E-state index in [1.807, 2.05) is 19.3 Å². The molecule has 0 bridgehead atoms. The van der Waals surface area contributed by atoms with Gasteiger partial charge in [0.15, 0.2) is 0 Å². The summed E-state index contributed by atoms with van der Waals surface area (Å²) in [6.45, 7) is 5.04. The first-order valence-electron chi connectivity index (χ1n) is 5.30. The van der Waals surface area contributed by atoms with Crippen LogP contribution < -0.4 is 5.32 Å². The quantitative estimate of drug-likeness (QED) is 0.882. The van der Waals surface area contributed by atoms with Gasteiger partial charge in [0.2, 0.25) is 5.95 Å². The van der Waals surface area contributed by atoms with E-state index in [0.717, 1.165) is 12.1 Å².